The monoisotopic (exact) mass is 371 g/mol. The van der Waals surface area contributed by atoms with Crippen molar-refractivity contribution in [1.29, 1.82) is 0 Å². The summed E-state index contributed by atoms with van der Waals surface area (Å²) < 4.78 is 14.8. The zero-order chi connectivity index (χ0) is 19.4. The largest absolute Gasteiger partial charge is 0.365 e. The molecule has 1 aliphatic rings. The van der Waals surface area contributed by atoms with Crippen molar-refractivity contribution in [2.24, 2.45) is 5.73 Å². The van der Waals surface area contributed by atoms with Crippen LogP contribution >= 0.6 is 0 Å². The summed E-state index contributed by atoms with van der Waals surface area (Å²) in [7, 11) is 3.78. The van der Waals surface area contributed by atoms with E-state index >= 15 is 0 Å². The average molecular weight is 371 g/mol. The van der Waals surface area contributed by atoms with Crippen LogP contribution in [0.3, 0.4) is 0 Å². The van der Waals surface area contributed by atoms with E-state index in [9.17, 15) is 9.18 Å². The van der Waals surface area contributed by atoms with Crippen molar-refractivity contribution in [1.82, 2.24) is 10.3 Å². The lowest BCUT2D eigenvalue weighted by molar-refractivity contribution is 0.100. The van der Waals surface area contributed by atoms with Crippen LogP contribution in [0.25, 0.3) is 0 Å². The second kappa shape index (κ2) is 8.35. The highest BCUT2D eigenvalue weighted by atomic mass is 19.1. The molecular weight excluding hydrogens is 345 g/mol. The molecule has 1 aromatic heterocycles. The fourth-order valence-electron chi connectivity index (χ4n) is 3.74. The number of amides is 1. The summed E-state index contributed by atoms with van der Waals surface area (Å²) in [5.74, 6) is -0.801. The van der Waals surface area contributed by atoms with Gasteiger partial charge in [-0.15, -0.1) is 0 Å². The molecule has 4 N–H and O–H groups in total. The smallest absolute Gasteiger partial charge is 0.252 e. The Balaban J connectivity index is 1.97. The van der Waals surface area contributed by atoms with Crippen molar-refractivity contribution in [3.63, 3.8) is 0 Å². The molecule has 0 spiro atoms. The number of primary amides is 1. The van der Waals surface area contributed by atoms with Gasteiger partial charge in [0.15, 0.2) is 11.6 Å². The highest BCUT2D eigenvalue weighted by Crippen LogP contribution is 2.30. The van der Waals surface area contributed by atoms with Crippen LogP contribution in [0.5, 0.6) is 0 Å². The lowest BCUT2D eigenvalue weighted by Gasteiger charge is -2.38. The molecule has 2 aromatic rings. The molecule has 2 atom stereocenters. The summed E-state index contributed by atoms with van der Waals surface area (Å²) in [6, 6.07) is 10.9. The Morgan fingerprint density at radius 1 is 1.26 bits per heavy atom. The van der Waals surface area contributed by atoms with Gasteiger partial charge in [-0.05, 0) is 38.1 Å². The third-order valence-corrected chi connectivity index (χ3v) is 5.19. The number of rotatable bonds is 6. The maximum Gasteiger partial charge on any atom is 0.252 e. The zero-order valence-corrected chi connectivity index (χ0v) is 15.7. The second-order valence-corrected chi connectivity index (χ2v) is 6.90. The van der Waals surface area contributed by atoms with Crippen LogP contribution in [0.4, 0.5) is 21.7 Å². The minimum atomic E-state index is -0.722. The molecule has 0 radical (unpaired) electrons. The average Bonchev–Trinajstić information content (AvgIpc) is 2.69. The first-order valence-corrected chi connectivity index (χ1v) is 9.23. The minimum absolute atomic E-state index is 0.0299. The molecule has 1 aliphatic carbocycles. The fraction of sp³-hybridized carbons (Fsp3) is 0.400. The van der Waals surface area contributed by atoms with Gasteiger partial charge in [0.05, 0.1) is 5.56 Å². The minimum Gasteiger partial charge on any atom is -0.365 e. The lowest BCUT2D eigenvalue weighted by Crippen LogP contribution is -2.50. The molecule has 0 bridgehead atoms. The zero-order valence-electron chi connectivity index (χ0n) is 15.7. The molecule has 0 aliphatic heterocycles. The van der Waals surface area contributed by atoms with Crippen molar-refractivity contribution < 1.29 is 9.18 Å². The first kappa shape index (κ1) is 19.1. The molecule has 7 heteroatoms. The Bertz CT molecular complexity index is 798. The number of para-hydroxylation sites is 1. The quantitative estimate of drug-likeness (QED) is 0.727. The van der Waals surface area contributed by atoms with Gasteiger partial charge in [-0.2, -0.15) is 0 Å². The van der Waals surface area contributed by atoms with E-state index in [1.165, 1.54) is 6.07 Å². The number of anilines is 3. The number of benzene rings is 1. The summed E-state index contributed by atoms with van der Waals surface area (Å²) in [5.41, 5.74) is 6.22. The first-order chi connectivity index (χ1) is 13.0. The van der Waals surface area contributed by atoms with Crippen LogP contribution in [0.2, 0.25) is 0 Å². The number of nitrogens with one attached hydrogen (secondary N) is 2. The number of carbonyl (C=O) groups is 1. The SMILES string of the molecule is CNC1CCCCC1N(C)c1nc(Nc2ccccc2)c(C(N)=O)cc1F. The molecule has 1 saturated carbocycles. The van der Waals surface area contributed by atoms with Gasteiger partial charge in [0.1, 0.15) is 5.82 Å². The number of hydrogen-bond donors (Lipinski definition) is 3. The molecule has 3 rings (SSSR count). The number of pyridine rings is 1. The van der Waals surface area contributed by atoms with Gasteiger partial charge in [-0.25, -0.2) is 9.37 Å². The number of nitrogens with two attached hydrogens (primary N) is 1. The van der Waals surface area contributed by atoms with E-state index in [0.29, 0.717) is 0 Å². The van der Waals surface area contributed by atoms with Crippen LogP contribution < -0.4 is 21.3 Å². The summed E-state index contributed by atoms with van der Waals surface area (Å²) in [6.07, 6.45) is 4.26. The molecule has 6 nitrogen and oxygen atoms in total. The van der Waals surface area contributed by atoms with Crippen LogP contribution in [-0.4, -0.2) is 37.1 Å². The van der Waals surface area contributed by atoms with Gasteiger partial charge in [-0.3, -0.25) is 4.79 Å². The predicted octanol–water partition coefficient (Wildman–Crippen LogP) is 3.03. The summed E-state index contributed by atoms with van der Waals surface area (Å²) in [5, 5.41) is 6.41. The van der Waals surface area contributed by atoms with Gasteiger partial charge in [0, 0.05) is 24.8 Å². The Morgan fingerprint density at radius 2 is 1.96 bits per heavy atom. The second-order valence-electron chi connectivity index (χ2n) is 6.90. The molecular formula is C20H26FN5O. The summed E-state index contributed by atoms with van der Waals surface area (Å²) in [6.45, 7) is 0. The normalized spacial score (nSPS) is 19.5. The van der Waals surface area contributed by atoms with Crippen molar-refractivity contribution in [3.05, 3.63) is 47.8 Å². The number of aromatic nitrogens is 1. The number of nitrogens with zero attached hydrogens (tertiary/aromatic N) is 2. The third-order valence-electron chi connectivity index (χ3n) is 5.19. The maximum atomic E-state index is 14.8. The predicted molar refractivity (Wildman–Crippen MR) is 106 cm³/mol. The maximum absolute atomic E-state index is 14.8. The molecule has 1 heterocycles. The Labute approximate surface area is 159 Å². The highest BCUT2D eigenvalue weighted by Gasteiger charge is 2.30. The van der Waals surface area contributed by atoms with Crippen molar-refractivity contribution in [2.45, 2.75) is 37.8 Å². The first-order valence-electron chi connectivity index (χ1n) is 9.23. The number of carbonyl (C=O) groups excluding carboxylic acids is 1. The van der Waals surface area contributed by atoms with E-state index in [-0.39, 0.29) is 29.3 Å². The van der Waals surface area contributed by atoms with Gasteiger partial charge < -0.3 is 21.3 Å². The number of halogens is 1. The highest BCUT2D eigenvalue weighted by molar-refractivity contribution is 5.98. The summed E-state index contributed by atoms with van der Waals surface area (Å²) in [4.78, 5) is 18.1. The van der Waals surface area contributed by atoms with E-state index < -0.39 is 11.7 Å². The molecule has 1 fully saturated rings. The molecule has 2 unspecified atom stereocenters. The van der Waals surface area contributed by atoms with Gasteiger partial charge >= 0.3 is 0 Å². The topological polar surface area (TPSA) is 83.3 Å². The van der Waals surface area contributed by atoms with Crippen LogP contribution in [0.15, 0.2) is 36.4 Å². The van der Waals surface area contributed by atoms with Crippen molar-refractivity contribution in [2.75, 3.05) is 24.3 Å². The lowest BCUT2D eigenvalue weighted by atomic mass is 9.89. The van der Waals surface area contributed by atoms with E-state index in [4.69, 9.17) is 5.73 Å². The third kappa shape index (κ3) is 4.19. The Hall–Kier alpha value is -2.67. The van der Waals surface area contributed by atoms with Crippen molar-refractivity contribution in [3.8, 4) is 0 Å². The molecule has 144 valence electrons. The van der Waals surface area contributed by atoms with Crippen LogP contribution in [0, 0.1) is 5.82 Å². The standard InChI is InChI=1S/C20H26FN5O/c1-23-16-10-6-7-11-17(16)26(2)20-15(21)12-14(18(22)27)19(25-20)24-13-8-4-3-5-9-13/h3-5,8-9,12,16-17,23H,6-7,10-11H2,1-2H3,(H2,22,27)(H,24,25). The van der Waals surface area contributed by atoms with E-state index in [0.717, 1.165) is 31.4 Å². The molecule has 1 aromatic carbocycles. The Kier molecular flexibility index (Phi) is 5.91. The van der Waals surface area contributed by atoms with Crippen LogP contribution in [-0.2, 0) is 0 Å². The number of hydrogen-bond acceptors (Lipinski definition) is 5. The summed E-state index contributed by atoms with van der Waals surface area (Å²) >= 11 is 0. The van der Waals surface area contributed by atoms with Gasteiger partial charge in [-0.1, -0.05) is 31.0 Å². The van der Waals surface area contributed by atoms with E-state index in [1.807, 2.05) is 49.3 Å². The van der Waals surface area contributed by atoms with Crippen LogP contribution in [0.1, 0.15) is 36.0 Å². The molecule has 0 saturated heterocycles. The van der Waals surface area contributed by atoms with Crippen molar-refractivity contribution >= 4 is 23.2 Å². The fourth-order valence-corrected chi connectivity index (χ4v) is 3.74. The Morgan fingerprint density at radius 3 is 2.63 bits per heavy atom. The molecule has 27 heavy (non-hydrogen) atoms. The van der Waals surface area contributed by atoms with E-state index in [2.05, 4.69) is 15.6 Å². The number of likely N-dealkylation sites (N-methyl/N-ethyl adjacent to an activating group) is 2. The van der Waals surface area contributed by atoms with Gasteiger partial charge in [0.2, 0.25) is 0 Å². The van der Waals surface area contributed by atoms with Gasteiger partial charge in [0.25, 0.3) is 5.91 Å². The van der Waals surface area contributed by atoms with E-state index in [1.54, 1.807) is 0 Å². The molecule has 1 amide bonds.